The number of nitrogens with zero attached hydrogens (tertiary/aromatic N) is 1. The third-order valence-electron chi connectivity index (χ3n) is 1.94. The zero-order valence-electron chi connectivity index (χ0n) is 8.67. The van der Waals surface area contributed by atoms with E-state index in [1.807, 2.05) is 0 Å². The zero-order valence-corrected chi connectivity index (χ0v) is 8.67. The lowest BCUT2D eigenvalue weighted by molar-refractivity contribution is -0.132. The van der Waals surface area contributed by atoms with Crippen LogP contribution in [0.5, 0.6) is 5.75 Å². The summed E-state index contributed by atoms with van der Waals surface area (Å²) in [7, 11) is 0. The Morgan fingerprint density at radius 1 is 1.47 bits per heavy atom. The molecular formula is C10H10N2O3. The third kappa shape index (κ3) is 2.05. The summed E-state index contributed by atoms with van der Waals surface area (Å²) < 4.78 is 4.91. The lowest BCUT2D eigenvalue weighted by Crippen LogP contribution is -2.16. The van der Waals surface area contributed by atoms with Gasteiger partial charge in [-0.1, -0.05) is 0 Å². The quantitative estimate of drug-likeness (QED) is 0.688. The van der Waals surface area contributed by atoms with Gasteiger partial charge in [0.15, 0.2) is 5.75 Å². The number of nitriles is 1. The molecule has 0 aliphatic heterocycles. The van der Waals surface area contributed by atoms with E-state index in [1.165, 1.54) is 6.92 Å². The largest absolute Gasteiger partial charge is 0.425 e. The number of hydrogen-bond acceptors (Lipinski definition) is 4. The summed E-state index contributed by atoms with van der Waals surface area (Å²) in [6.45, 7) is 4.43. The van der Waals surface area contributed by atoms with Gasteiger partial charge in [0.1, 0.15) is 11.6 Å². The normalized spacial score (nSPS) is 9.47. The average Bonchev–Trinajstić information content (AvgIpc) is 2.12. The third-order valence-corrected chi connectivity index (χ3v) is 1.94. The molecule has 1 heterocycles. The predicted octanol–water partition coefficient (Wildman–Crippen LogP) is 0.789. The molecule has 1 N–H and O–H groups in total. The Balaban J connectivity index is 3.47. The highest BCUT2D eigenvalue weighted by molar-refractivity contribution is 5.70. The molecule has 1 aromatic rings. The number of H-pyrrole nitrogens is 1. The fraction of sp³-hybridized carbons (Fsp3) is 0.300. The molecule has 78 valence electrons. The van der Waals surface area contributed by atoms with Crippen LogP contribution in [0, 0.1) is 25.2 Å². The standard InChI is InChI=1S/C10H10N2O3/c1-5-8(4-11)10(14)12-6(2)9(5)15-7(3)13/h1-3H3,(H,12,14). The first-order valence-corrected chi connectivity index (χ1v) is 4.29. The van der Waals surface area contributed by atoms with E-state index < -0.39 is 11.5 Å². The van der Waals surface area contributed by atoms with Crippen LogP contribution in [-0.2, 0) is 4.79 Å². The van der Waals surface area contributed by atoms with Crippen molar-refractivity contribution in [3.8, 4) is 11.8 Å². The molecule has 15 heavy (non-hydrogen) atoms. The molecule has 0 fully saturated rings. The first-order valence-electron chi connectivity index (χ1n) is 4.29. The van der Waals surface area contributed by atoms with Gasteiger partial charge in [-0.05, 0) is 13.8 Å². The first kappa shape index (κ1) is 11.0. The Bertz CT molecular complexity index is 509. The van der Waals surface area contributed by atoms with Crippen molar-refractivity contribution < 1.29 is 9.53 Å². The van der Waals surface area contributed by atoms with E-state index >= 15 is 0 Å². The highest BCUT2D eigenvalue weighted by atomic mass is 16.5. The fourth-order valence-electron chi connectivity index (χ4n) is 1.29. The second kappa shape index (κ2) is 3.96. The number of aromatic amines is 1. The van der Waals surface area contributed by atoms with Crippen LogP contribution in [0.15, 0.2) is 4.79 Å². The molecule has 0 saturated carbocycles. The molecule has 0 atom stereocenters. The van der Waals surface area contributed by atoms with Crippen molar-refractivity contribution in [2.24, 2.45) is 0 Å². The zero-order chi connectivity index (χ0) is 11.6. The highest BCUT2D eigenvalue weighted by Gasteiger charge is 2.14. The van der Waals surface area contributed by atoms with Gasteiger partial charge < -0.3 is 9.72 Å². The van der Waals surface area contributed by atoms with E-state index in [4.69, 9.17) is 10.00 Å². The van der Waals surface area contributed by atoms with Gasteiger partial charge in [0, 0.05) is 12.5 Å². The van der Waals surface area contributed by atoms with E-state index in [0.29, 0.717) is 11.3 Å². The van der Waals surface area contributed by atoms with E-state index in [2.05, 4.69) is 4.98 Å². The van der Waals surface area contributed by atoms with Crippen molar-refractivity contribution in [1.29, 1.82) is 5.26 Å². The molecule has 0 unspecified atom stereocenters. The molecule has 0 aliphatic carbocycles. The van der Waals surface area contributed by atoms with Crippen LogP contribution >= 0.6 is 0 Å². The topological polar surface area (TPSA) is 83.0 Å². The number of rotatable bonds is 1. The summed E-state index contributed by atoms with van der Waals surface area (Å²) in [6.07, 6.45) is 0. The van der Waals surface area contributed by atoms with Crippen LogP contribution in [0.1, 0.15) is 23.7 Å². The van der Waals surface area contributed by atoms with Crippen molar-refractivity contribution in [2.75, 3.05) is 0 Å². The number of carbonyl (C=O) groups is 1. The first-order chi connectivity index (χ1) is 6.97. The Morgan fingerprint density at radius 3 is 2.53 bits per heavy atom. The number of carbonyl (C=O) groups excluding carboxylic acids is 1. The number of esters is 1. The molecule has 0 aliphatic rings. The molecule has 0 aromatic carbocycles. The highest BCUT2D eigenvalue weighted by Crippen LogP contribution is 2.21. The van der Waals surface area contributed by atoms with Crippen LogP contribution in [0.4, 0.5) is 0 Å². The molecule has 1 rings (SSSR count). The Hall–Kier alpha value is -2.09. The lowest BCUT2D eigenvalue weighted by Gasteiger charge is -2.09. The number of ether oxygens (including phenoxy) is 1. The summed E-state index contributed by atoms with van der Waals surface area (Å²) in [5.74, 6) is -0.240. The number of aryl methyl sites for hydroxylation is 1. The minimum Gasteiger partial charge on any atom is -0.425 e. The van der Waals surface area contributed by atoms with Crippen LogP contribution in [-0.4, -0.2) is 11.0 Å². The number of hydrogen-bond donors (Lipinski definition) is 1. The maximum absolute atomic E-state index is 11.3. The minimum absolute atomic E-state index is 0.0307. The molecular weight excluding hydrogens is 196 g/mol. The van der Waals surface area contributed by atoms with Gasteiger partial charge in [0.05, 0.1) is 5.69 Å². The number of pyridine rings is 1. The summed E-state index contributed by atoms with van der Waals surface area (Å²) in [6, 6.07) is 1.77. The van der Waals surface area contributed by atoms with Gasteiger partial charge in [-0.2, -0.15) is 5.26 Å². The van der Waals surface area contributed by atoms with Crippen LogP contribution in [0.3, 0.4) is 0 Å². The second-order valence-corrected chi connectivity index (χ2v) is 3.11. The van der Waals surface area contributed by atoms with Crippen LogP contribution in [0.25, 0.3) is 0 Å². The summed E-state index contributed by atoms with van der Waals surface area (Å²) >= 11 is 0. The van der Waals surface area contributed by atoms with Crippen molar-refractivity contribution >= 4 is 5.97 Å². The van der Waals surface area contributed by atoms with E-state index in [-0.39, 0.29) is 11.3 Å². The van der Waals surface area contributed by atoms with E-state index in [1.54, 1.807) is 19.9 Å². The van der Waals surface area contributed by atoms with Gasteiger partial charge >= 0.3 is 5.97 Å². The van der Waals surface area contributed by atoms with E-state index in [9.17, 15) is 9.59 Å². The smallest absolute Gasteiger partial charge is 0.308 e. The molecule has 0 saturated heterocycles. The molecule has 5 nitrogen and oxygen atoms in total. The van der Waals surface area contributed by atoms with Gasteiger partial charge in [-0.15, -0.1) is 0 Å². The monoisotopic (exact) mass is 206 g/mol. The second-order valence-electron chi connectivity index (χ2n) is 3.11. The SMILES string of the molecule is CC(=O)Oc1c(C)[nH]c(=O)c(C#N)c1C. The van der Waals surface area contributed by atoms with Crippen molar-refractivity contribution in [1.82, 2.24) is 4.98 Å². The van der Waals surface area contributed by atoms with Crippen molar-refractivity contribution in [3.05, 3.63) is 27.2 Å². The average molecular weight is 206 g/mol. The summed E-state index contributed by atoms with van der Waals surface area (Å²) in [5.41, 5.74) is 0.320. The predicted molar refractivity (Wildman–Crippen MR) is 52.6 cm³/mol. The Morgan fingerprint density at radius 2 is 2.07 bits per heavy atom. The van der Waals surface area contributed by atoms with Crippen molar-refractivity contribution in [3.63, 3.8) is 0 Å². The number of nitrogens with one attached hydrogen (secondary N) is 1. The van der Waals surface area contributed by atoms with Gasteiger partial charge in [-0.3, -0.25) is 9.59 Å². The fourth-order valence-corrected chi connectivity index (χ4v) is 1.29. The summed E-state index contributed by atoms with van der Waals surface area (Å²) in [5, 5.41) is 8.74. The lowest BCUT2D eigenvalue weighted by atomic mass is 10.1. The Kier molecular flexibility index (Phi) is 2.90. The maximum atomic E-state index is 11.3. The van der Waals surface area contributed by atoms with Gasteiger partial charge in [0.2, 0.25) is 0 Å². The molecule has 0 spiro atoms. The molecule has 0 amide bonds. The maximum Gasteiger partial charge on any atom is 0.308 e. The van der Waals surface area contributed by atoms with Crippen LogP contribution in [0.2, 0.25) is 0 Å². The van der Waals surface area contributed by atoms with Crippen molar-refractivity contribution in [2.45, 2.75) is 20.8 Å². The minimum atomic E-state index is -0.489. The summed E-state index contributed by atoms with van der Waals surface area (Å²) in [4.78, 5) is 24.6. The number of aromatic nitrogens is 1. The van der Waals surface area contributed by atoms with E-state index in [0.717, 1.165) is 0 Å². The molecule has 5 heteroatoms. The molecule has 1 aromatic heterocycles. The molecule has 0 bridgehead atoms. The van der Waals surface area contributed by atoms with Gasteiger partial charge in [0.25, 0.3) is 5.56 Å². The molecule has 0 radical (unpaired) electrons. The Labute approximate surface area is 86.3 Å². The van der Waals surface area contributed by atoms with Crippen LogP contribution < -0.4 is 10.3 Å². The van der Waals surface area contributed by atoms with Gasteiger partial charge in [-0.25, -0.2) is 0 Å².